The number of morpholine rings is 1. The lowest BCUT2D eigenvalue weighted by molar-refractivity contribution is -0.137. The number of nitrogens with zero attached hydrogens (tertiary/aromatic N) is 2. The molecule has 2 rings (SSSR count). The molecular formula is C17H24N2O6S. The first-order valence-electron chi connectivity index (χ1n) is 8.25. The highest BCUT2D eigenvalue weighted by molar-refractivity contribution is 7.89. The Balaban J connectivity index is 2.26. The van der Waals surface area contributed by atoms with Crippen molar-refractivity contribution in [3.8, 4) is 0 Å². The molecular weight excluding hydrogens is 360 g/mol. The molecule has 0 spiro atoms. The van der Waals surface area contributed by atoms with Crippen molar-refractivity contribution in [3.63, 3.8) is 0 Å². The van der Waals surface area contributed by atoms with Crippen molar-refractivity contribution >= 4 is 21.9 Å². The van der Waals surface area contributed by atoms with Gasteiger partial charge in [-0.05, 0) is 31.5 Å². The Morgan fingerprint density at radius 1 is 1.23 bits per heavy atom. The molecule has 1 aromatic carbocycles. The van der Waals surface area contributed by atoms with Crippen molar-refractivity contribution in [3.05, 3.63) is 29.3 Å². The number of benzene rings is 1. The normalized spacial score (nSPS) is 16.8. The number of likely N-dealkylation sites (N-methyl/N-ethyl adjacent to an activating group) is 1. The molecule has 1 fully saturated rings. The summed E-state index contributed by atoms with van der Waals surface area (Å²) in [5.74, 6) is -1.10. The fourth-order valence-corrected chi connectivity index (χ4v) is 4.23. The zero-order chi connectivity index (χ0) is 19.5. The van der Waals surface area contributed by atoms with Gasteiger partial charge in [-0.15, -0.1) is 0 Å². The summed E-state index contributed by atoms with van der Waals surface area (Å²) in [6, 6.07) is 4.35. The Labute approximate surface area is 153 Å². The highest BCUT2D eigenvalue weighted by Crippen LogP contribution is 2.23. The van der Waals surface area contributed by atoms with Gasteiger partial charge in [0, 0.05) is 27.2 Å². The van der Waals surface area contributed by atoms with Crippen LogP contribution in [0.4, 0.5) is 0 Å². The van der Waals surface area contributed by atoms with E-state index in [-0.39, 0.29) is 29.5 Å². The van der Waals surface area contributed by atoms with Crippen LogP contribution in [0.1, 0.15) is 22.8 Å². The van der Waals surface area contributed by atoms with E-state index >= 15 is 0 Å². The lowest BCUT2D eigenvalue weighted by Crippen LogP contribution is -2.40. The number of amides is 1. The van der Waals surface area contributed by atoms with Gasteiger partial charge >= 0.3 is 5.97 Å². The number of hydrogen-bond donors (Lipinski definition) is 0. The van der Waals surface area contributed by atoms with E-state index in [2.05, 4.69) is 0 Å². The van der Waals surface area contributed by atoms with Gasteiger partial charge in [-0.2, -0.15) is 4.31 Å². The van der Waals surface area contributed by atoms with Crippen LogP contribution in [-0.2, 0) is 24.3 Å². The maximum Gasteiger partial charge on any atom is 0.338 e. The summed E-state index contributed by atoms with van der Waals surface area (Å²) in [5, 5.41) is 0. The number of carbonyl (C=O) groups excluding carboxylic acids is 2. The van der Waals surface area contributed by atoms with Gasteiger partial charge in [0.15, 0.2) is 6.10 Å². The highest BCUT2D eigenvalue weighted by Gasteiger charge is 2.29. The molecule has 1 atom stereocenters. The number of sulfonamides is 1. The summed E-state index contributed by atoms with van der Waals surface area (Å²) in [6.07, 6.45) is -0.960. The van der Waals surface area contributed by atoms with Crippen molar-refractivity contribution < 1.29 is 27.5 Å². The number of rotatable bonds is 5. The predicted octanol–water partition coefficient (Wildman–Crippen LogP) is 0.649. The van der Waals surface area contributed by atoms with Gasteiger partial charge in [-0.1, -0.05) is 6.07 Å². The summed E-state index contributed by atoms with van der Waals surface area (Å²) < 4.78 is 37.4. The first-order valence-corrected chi connectivity index (χ1v) is 9.69. The van der Waals surface area contributed by atoms with Crippen molar-refractivity contribution in [1.82, 2.24) is 9.21 Å². The van der Waals surface area contributed by atoms with Gasteiger partial charge < -0.3 is 14.4 Å². The van der Waals surface area contributed by atoms with Crippen LogP contribution in [0.5, 0.6) is 0 Å². The van der Waals surface area contributed by atoms with Crippen LogP contribution in [0.25, 0.3) is 0 Å². The molecule has 26 heavy (non-hydrogen) atoms. The van der Waals surface area contributed by atoms with Crippen LogP contribution in [0.3, 0.4) is 0 Å². The van der Waals surface area contributed by atoms with Gasteiger partial charge in [0.25, 0.3) is 5.91 Å². The molecule has 1 heterocycles. The molecule has 0 aliphatic carbocycles. The van der Waals surface area contributed by atoms with Gasteiger partial charge in [-0.3, -0.25) is 4.79 Å². The van der Waals surface area contributed by atoms with Crippen molar-refractivity contribution in [2.24, 2.45) is 0 Å². The molecule has 1 saturated heterocycles. The average molecular weight is 384 g/mol. The van der Waals surface area contributed by atoms with Gasteiger partial charge in [0.05, 0.1) is 23.7 Å². The molecule has 0 unspecified atom stereocenters. The van der Waals surface area contributed by atoms with Crippen molar-refractivity contribution in [1.29, 1.82) is 0 Å². The molecule has 0 aromatic heterocycles. The lowest BCUT2D eigenvalue weighted by Gasteiger charge is -2.26. The molecule has 0 radical (unpaired) electrons. The first kappa shape index (κ1) is 20.3. The standard InChI is InChI=1S/C17H24N2O6S/c1-12-5-6-14(17(21)25-13(2)16(20)18(3)4)11-15(12)26(22,23)19-7-9-24-10-8-19/h5-6,11,13H,7-10H2,1-4H3/t13-/m0/s1. The fraction of sp³-hybridized carbons (Fsp3) is 0.529. The quantitative estimate of drug-likeness (QED) is 0.692. The average Bonchev–Trinajstić information content (AvgIpc) is 2.61. The van der Waals surface area contributed by atoms with E-state index < -0.39 is 22.1 Å². The number of esters is 1. The third-order valence-electron chi connectivity index (χ3n) is 4.08. The van der Waals surface area contributed by atoms with Crippen LogP contribution >= 0.6 is 0 Å². The maximum atomic E-state index is 12.9. The molecule has 1 aliphatic heterocycles. The first-order chi connectivity index (χ1) is 12.1. The molecule has 0 bridgehead atoms. The second kappa shape index (κ2) is 8.15. The molecule has 9 heteroatoms. The third-order valence-corrected chi connectivity index (χ3v) is 6.12. The lowest BCUT2D eigenvalue weighted by atomic mass is 10.1. The van der Waals surface area contributed by atoms with Crippen LogP contribution < -0.4 is 0 Å². The molecule has 0 saturated carbocycles. The molecule has 144 valence electrons. The van der Waals surface area contributed by atoms with E-state index in [4.69, 9.17) is 9.47 Å². The van der Waals surface area contributed by atoms with E-state index in [0.29, 0.717) is 18.8 Å². The smallest absolute Gasteiger partial charge is 0.338 e. The van der Waals surface area contributed by atoms with Crippen molar-refractivity contribution in [2.75, 3.05) is 40.4 Å². The predicted molar refractivity (Wildman–Crippen MR) is 94.3 cm³/mol. The van der Waals surface area contributed by atoms with E-state index in [1.807, 2.05) is 0 Å². The minimum Gasteiger partial charge on any atom is -0.449 e. The summed E-state index contributed by atoms with van der Waals surface area (Å²) in [6.45, 7) is 4.35. The SMILES string of the molecule is Cc1ccc(C(=O)O[C@@H](C)C(=O)N(C)C)cc1S(=O)(=O)N1CCOCC1. The molecule has 1 amide bonds. The minimum absolute atomic E-state index is 0.0560. The van der Waals surface area contributed by atoms with Gasteiger partial charge in [0.1, 0.15) is 0 Å². The monoisotopic (exact) mass is 384 g/mol. The van der Waals surface area contributed by atoms with Crippen LogP contribution in [0.15, 0.2) is 23.1 Å². The number of carbonyl (C=O) groups is 2. The Hall–Kier alpha value is -1.97. The van der Waals surface area contributed by atoms with Gasteiger partial charge in [-0.25, -0.2) is 13.2 Å². The summed E-state index contributed by atoms with van der Waals surface area (Å²) >= 11 is 0. The van der Waals surface area contributed by atoms with Crippen LogP contribution in [0, 0.1) is 6.92 Å². The van der Waals surface area contributed by atoms with E-state index in [1.165, 1.54) is 28.3 Å². The molecule has 0 N–H and O–H groups in total. The second-order valence-electron chi connectivity index (χ2n) is 6.28. The van der Waals surface area contributed by atoms with Crippen molar-refractivity contribution in [2.45, 2.75) is 24.8 Å². The zero-order valence-corrected chi connectivity index (χ0v) is 16.2. The van der Waals surface area contributed by atoms with Crippen LogP contribution in [-0.4, -0.2) is 76.0 Å². The largest absolute Gasteiger partial charge is 0.449 e. The third kappa shape index (κ3) is 4.40. The van der Waals surface area contributed by atoms with E-state index in [0.717, 1.165) is 0 Å². The minimum atomic E-state index is -3.74. The Bertz CT molecular complexity index is 784. The highest BCUT2D eigenvalue weighted by atomic mass is 32.2. The molecule has 1 aliphatic rings. The Morgan fingerprint density at radius 2 is 1.85 bits per heavy atom. The summed E-state index contributed by atoms with van der Waals surface area (Å²) in [4.78, 5) is 25.5. The van der Waals surface area contributed by atoms with Gasteiger partial charge in [0.2, 0.25) is 10.0 Å². The second-order valence-corrected chi connectivity index (χ2v) is 8.18. The summed E-state index contributed by atoms with van der Waals surface area (Å²) in [7, 11) is -0.614. The summed E-state index contributed by atoms with van der Waals surface area (Å²) in [5.41, 5.74) is 0.617. The van der Waals surface area contributed by atoms with E-state index in [9.17, 15) is 18.0 Å². The number of aryl methyl sites for hydroxylation is 1. The Kier molecular flexibility index (Phi) is 6.38. The fourth-order valence-electron chi connectivity index (χ4n) is 2.57. The maximum absolute atomic E-state index is 12.9. The topological polar surface area (TPSA) is 93.2 Å². The number of ether oxygens (including phenoxy) is 2. The molecule has 1 aromatic rings. The Morgan fingerprint density at radius 3 is 2.42 bits per heavy atom. The zero-order valence-electron chi connectivity index (χ0n) is 15.4. The van der Waals surface area contributed by atoms with Crippen LogP contribution in [0.2, 0.25) is 0 Å². The van der Waals surface area contributed by atoms with E-state index in [1.54, 1.807) is 27.1 Å². The molecule has 8 nitrogen and oxygen atoms in total. The number of hydrogen-bond acceptors (Lipinski definition) is 6.